The lowest BCUT2D eigenvalue weighted by Crippen LogP contribution is -2.21. The normalized spacial score (nSPS) is 19.5. The van der Waals surface area contributed by atoms with Gasteiger partial charge in [0.15, 0.2) is 5.78 Å². The van der Waals surface area contributed by atoms with Gasteiger partial charge in [0.05, 0.1) is 5.56 Å². The van der Waals surface area contributed by atoms with Gasteiger partial charge >= 0.3 is 12.4 Å². The molecule has 130 valence electrons. The molecule has 1 aromatic carbocycles. The molecule has 1 unspecified atom stereocenters. The van der Waals surface area contributed by atoms with Crippen molar-refractivity contribution in [3.8, 4) is 5.75 Å². The van der Waals surface area contributed by atoms with Gasteiger partial charge in [0.1, 0.15) is 11.9 Å². The Labute approximate surface area is 141 Å². The van der Waals surface area contributed by atoms with Crippen molar-refractivity contribution < 1.29 is 28.5 Å². The molecule has 6 heteroatoms. The molecule has 1 aromatic rings. The van der Waals surface area contributed by atoms with E-state index < -0.39 is 6.48 Å². The highest BCUT2D eigenvalue weighted by Gasteiger charge is 2.17. The fraction of sp³-hybridized carbons (Fsp3) is 0.444. The third-order valence-corrected chi connectivity index (χ3v) is 3.63. The number of rotatable bonds is 6. The Kier molecular flexibility index (Phi) is 6.96. The second-order valence-electron chi connectivity index (χ2n) is 5.43. The molecule has 0 bridgehead atoms. The Balaban J connectivity index is 1.92. The summed E-state index contributed by atoms with van der Waals surface area (Å²) in [4.78, 5) is 23.5. The Morgan fingerprint density at radius 2 is 1.88 bits per heavy atom. The molecule has 1 aliphatic rings. The zero-order chi connectivity index (χ0) is 17.4. The summed E-state index contributed by atoms with van der Waals surface area (Å²) in [6.07, 6.45) is 5.60. The summed E-state index contributed by atoms with van der Waals surface area (Å²) >= 11 is 0. The van der Waals surface area contributed by atoms with Crippen molar-refractivity contribution in [3.05, 3.63) is 42.0 Å². The number of ketones is 1. The first-order chi connectivity index (χ1) is 11.6. The van der Waals surface area contributed by atoms with E-state index in [0.717, 1.165) is 6.42 Å². The maximum absolute atomic E-state index is 12.2. The zero-order valence-corrected chi connectivity index (χ0v) is 13.9. The molecule has 0 saturated carbocycles. The number of allylic oxidation sites excluding steroid dienone is 1. The van der Waals surface area contributed by atoms with E-state index in [2.05, 4.69) is 0 Å². The van der Waals surface area contributed by atoms with Gasteiger partial charge < -0.3 is 18.9 Å². The van der Waals surface area contributed by atoms with Crippen LogP contribution < -0.4 is 4.74 Å². The Morgan fingerprint density at radius 3 is 2.54 bits per heavy atom. The van der Waals surface area contributed by atoms with Crippen LogP contribution in [0.15, 0.2) is 36.4 Å². The minimum atomic E-state index is -0.799. The van der Waals surface area contributed by atoms with Crippen molar-refractivity contribution in [2.45, 2.75) is 38.3 Å². The van der Waals surface area contributed by atoms with Gasteiger partial charge in [-0.05, 0) is 43.2 Å². The fourth-order valence-electron chi connectivity index (χ4n) is 2.36. The molecule has 0 fully saturated rings. The van der Waals surface area contributed by atoms with Crippen LogP contribution in [0.2, 0.25) is 0 Å². The summed E-state index contributed by atoms with van der Waals surface area (Å²) in [7, 11) is 2.94. The first-order valence-corrected chi connectivity index (χ1v) is 7.85. The largest absolute Gasteiger partial charge is 0.458 e. The van der Waals surface area contributed by atoms with Crippen molar-refractivity contribution in [1.29, 1.82) is 0 Å². The second-order valence-corrected chi connectivity index (χ2v) is 5.43. The van der Waals surface area contributed by atoms with Gasteiger partial charge in [-0.3, -0.25) is 4.79 Å². The smallest absolute Gasteiger partial charge is 0.338 e. The Bertz CT molecular complexity index is 574. The van der Waals surface area contributed by atoms with Crippen LogP contribution in [0.3, 0.4) is 0 Å². The SMILES string of the molecule is COC(OC)Oc1ccc(C(=O)OC2C/C=C\C(=O)CCC2)cc1. The van der Waals surface area contributed by atoms with Crippen LogP contribution in [0, 0.1) is 0 Å². The van der Waals surface area contributed by atoms with Crippen LogP contribution in [0.4, 0.5) is 0 Å². The van der Waals surface area contributed by atoms with E-state index >= 15 is 0 Å². The highest BCUT2D eigenvalue weighted by molar-refractivity contribution is 5.90. The maximum Gasteiger partial charge on any atom is 0.338 e. The van der Waals surface area contributed by atoms with E-state index in [0.29, 0.717) is 30.6 Å². The Morgan fingerprint density at radius 1 is 1.17 bits per heavy atom. The lowest BCUT2D eigenvalue weighted by atomic mass is 10.0. The van der Waals surface area contributed by atoms with Crippen LogP contribution in [-0.4, -0.2) is 38.6 Å². The predicted molar refractivity (Wildman–Crippen MR) is 86.7 cm³/mol. The molecule has 24 heavy (non-hydrogen) atoms. The highest BCUT2D eigenvalue weighted by atomic mass is 16.8. The second kappa shape index (κ2) is 9.20. The zero-order valence-electron chi connectivity index (χ0n) is 13.9. The summed E-state index contributed by atoms with van der Waals surface area (Å²) < 4.78 is 20.8. The minimum Gasteiger partial charge on any atom is -0.458 e. The van der Waals surface area contributed by atoms with Gasteiger partial charge in [-0.2, -0.15) is 0 Å². The third kappa shape index (κ3) is 5.47. The monoisotopic (exact) mass is 334 g/mol. The van der Waals surface area contributed by atoms with Crippen LogP contribution in [0.5, 0.6) is 5.75 Å². The van der Waals surface area contributed by atoms with Crippen molar-refractivity contribution in [2.75, 3.05) is 14.2 Å². The van der Waals surface area contributed by atoms with Crippen molar-refractivity contribution in [1.82, 2.24) is 0 Å². The minimum absolute atomic E-state index is 0.126. The van der Waals surface area contributed by atoms with E-state index in [9.17, 15) is 9.59 Å². The number of hydrogen-bond donors (Lipinski definition) is 0. The molecule has 0 saturated heterocycles. The molecule has 0 amide bonds. The van der Waals surface area contributed by atoms with Crippen LogP contribution >= 0.6 is 0 Å². The standard InChI is InChI=1S/C18H22O6/c1-21-18(22-2)24-16-11-9-13(10-12-16)17(20)23-15-7-3-5-14(19)6-4-8-15/h3,5,9-12,15,18H,4,6-8H2,1-2H3/b5-3-. The van der Waals surface area contributed by atoms with E-state index in [4.69, 9.17) is 18.9 Å². The molecule has 2 rings (SSSR count). The van der Waals surface area contributed by atoms with Gasteiger partial charge in [0.25, 0.3) is 0 Å². The third-order valence-electron chi connectivity index (χ3n) is 3.63. The van der Waals surface area contributed by atoms with Crippen molar-refractivity contribution in [2.24, 2.45) is 0 Å². The van der Waals surface area contributed by atoms with E-state index in [1.54, 1.807) is 36.4 Å². The molecule has 6 nitrogen and oxygen atoms in total. The number of benzene rings is 1. The van der Waals surface area contributed by atoms with Crippen LogP contribution in [0.25, 0.3) is 0 Å². The Hall–Kier alpha value is -2.18. The van der Waals surface area contributed by atoms with Gasteiger partial charge in [0, 0.05) is 27.1 Å². The summed E-state index contributed by atoms with van der Waals surface area (Å²) in [5.74, 6) is 0.260. The quantitative estimate of drug-likeness (QED) is 0.588. The number of carbonyl (C=O) groups is 2. The molecule has 1 aliphatic carbocycles. The number of hydrogen-bond acceptors (Lipinski definition) is 6. The average molecular weight is 334 g/mol. The molecular weight excluding hydrogens is 312 g/mol. The first-order valence-electron chi connectivity index (χ1n) is 7.85. The fourth-order valence-corrected chi connectivity index (χ4v) is 2.36. The molecule has 0 heterocycles. The number of methoxy groups -OCH3 is 2. The summed E-state index contributed by atoms with van der Waals surface area (Å²) in [5, 5.41) is 0. The predicted octanol–water partition coefficient (Wildman–Crippen LogP) is 2.87. The average Bonchev–Trinajstić information content (AvgIpc) is 2.58. The van der Waals surface area contributed by atoms with E-state index in [1.807, 2.05) is 0 Å². The number of ether oxygens (including phenoxy) is 4. The summed E-state index contributed by atoms with van der Waals surface area (Å²) in [6.45, 7) is -0.799. The van der Waals surface area contributed by atoms with Crippen molar-refractivity contribution in [3.63, 3.8) is 0 Å². The number of esters is 1. The molecule has 0 spiro atoms. The van der Waals surface area contributed by atoms with Gasteiger partial charge in [0.2, 0.25) is 0 Å². The molecule has 0 aromatic heterocycles. The van der Waals surface area contributed by atoms with Gasteiger partial charge in [-0.15, -0.1) is 0 Å². The number of carbonyl (C=O) groups excluding carboxylic acids is 2. The van der Waals surface area contributed by atoms with Gasteiger partial charge in [-0.1, -0.05) is 6.08 Å². The molecule has 0 aliphatic heterocycles. The van der Waals surface area contributed by atoms with Crippen LogP contribution in [0.1, 0.15) is 36.0 Å². The molecule has 0 radical (unpaired) electrons. The molecule has 1 atom stereocenters. The topological polar surface area (TPSA) is 71.1 Å². The first kappa shape index (κ1) is 18.2. The lowest BCUT2D eigenvalue weighted by molar-refractivity contribution is -0.219. The molecular formula is C18H22O6. The maximum atomic E-state index is 12.2. The van der Waals surface area contributed by atoms with E-state index in [-0.39, 0.29) is 17.9 Å². The van der Waals surface area contributed by atoms with E-state index in [1.165, 1.54) is 14.2 Å². The molecule has 0 N–H and O–H groups in total. The van der Waals surface area contributed by atoms with Crippen LogP contribution in [-0.2, 0) is 19.0 Å². The lowest BCUT2D eigenvalue weighted by Gasteiger charge is -2.18. The van der Waals surface area contributed by atoms with Gasteiger partial charge in [-0.25, -0.2) is 4.79 Å². The summed E-state index contributed by atoms with van der Waals surface area (Å²) in [6, 6.07) is 6.56. The van der Waals surface area contributed by atoms with Crippen molar-refractivity contribution >= 4 is 11.8 Å². The summed E-state index contributed by atoms with van der Waals surface area (Å²) in [5.41, 5.74) is 0.441. The highest BCUT2D eigenvalue weighted by Crippen LogP contribution is 2.18.